The molecule has 1 aromatic heterocycles. The van der Waals surface area contributed by atoms with Crippen LogP contribution in [0.1, 0.15) is 6.04 Å². The Kier molecular flexibility index (Phi) is 3.16. The monoisotopic (exact) mass is 257 g/mol. The van der Waals surface area contributed by atoms with Gasteiger partial charge in [-0.1, -0.05) is 0 Å². The van der Waals surface area contributed by atoms with Crippen LogP contribution in [0.3, 0.4) is 0 Å². The SMILES string of the molecule is Nc1ccn([C@H]2C(F)=C(CO)[C@@H](O)[C@H]2O)c(=O)n1. The molecule has 7 nitrogen and oxygen atoms in total. The minimum Gasteiger partial charge on any atom is -0.392 e. The van der Waals surface area contributed by atoms with E-state index in [4.69, 9.17) is 10.8 Å². The van der Waals surface area contributed by atoms with Crippen molar-refractivity contribution >= 4 is 5.82 Å². The summed E-state index contributed by atoms with van der Waals surface area (Å²) >= 11 is 0. The average molecular weight is 257 g/mol. The summed E-state index contributed by atoms with van der Waals surface area (Å²) in [7, 11) is 0. The molecule has 18 heavy (non-hydrogen) atoms. The molecular weight excluding hydrogens is 245 g/mol. The maximum atomic E-state index is 13.9. The third-order valence-corrected chi connectivity index (χ3v) is 2.89. The Morgan fingerprint density at radius 2 is 2.17 bits per heavy atom. The van der Waals surface area contributed by atoms with Gasteiger partial charge < -0.3 is 21.1 Å². The highest BCUT2D eigenvalue weighted by Crippen LogP contribution is 2.36. The maximum Gasteiger partial charge on any atom is 0.350 e. The molecule has 0 amide bonds. The molecule has 98 valence electrons. The van der Waals surface area contributed by atoms with E-state index in [1.807, 2.05) is 0 Å². The third kappa shape index (κ3) is 1.80. The zero-order valence-electron chi connectivity index (χ0n) is 9.19. The lowest BCUT2D eigenvalue weighted by Gasteiger charge is -2.19. The number of nitrogens with zero attached hydrogens (tertiary/aromatic N) is 2. The van der Waals surface area contributed by atoms with Gasteiger partial charge in [-0.05, 0) is 6.07 Å². The van der Waals surface area contributed by atoms with Crippen LogP contribution >= 0.6 is 0 Å². The Morgan fingerprint density at radius 3 is 2.67 bits per heavy atom. The Labute approximate surface area is 101 Å². The summed E-state index contributed by atoms with van der Waals surface area (Å²) < 4.78 is 14.7. The van der Waals surface area contributed by atoms with Gasteiger partial charge in [0.2, 0.25) is 0 Å². The number of nitrogen functional groups attached to an aromatic ring is 1. The van der Waals surface area contributed by atoms with E-state index in [2.05, 4.69) is 4.98 Å². The highest BCUT2D eigenvalue weighted by atomic mass is 19.1. The van der Waals surface area contributed by atoms with Crippen LogP contribution in [0.5, 0.6) is 0 Å². The fourth-order valence-corrected chi connectivity index (χ4v) is 1.95. The molecule has 0 bridgehead atoms. The summed E-state index contributed by atoms with van der Waals surface area (Å²) in [6, 6.07) is -0.132. The molecule has 2 rings (SSSR count). The molecule has 0 unspecified atom stereocenters. The summed E-state index contributed by atoms with van der Waals surface area (Å²) in [6.07, 6.45) is -1.94. The van der Waals surface area contributed by atoms with E-state index < -0.39 is 36.4 Å². The third-order valence-electron chi connectivity index (χ3n) is 2.89. The molecule has 0 spiro atoms. The van der Waals surface area contributed by atoms with Gasteiger partial charge in [0.05, 0.1) is 6.61 Å². The van der Waals surface area contributed by atoms with Crippen molar-refractivity contribution in [1.82, 2.24) is 9.55 Å². The number of halogens is 1. The highest BCUT2D eigenvalue weighted by Gasteiger charge is 2.43. The smallest absolute Gasteiger partial charge is 0.350 e. The minimum absolute atomic E-state index is 0.0314. The second-order valence-electron chi connectivity index (χ2n) is 3.95. The fraction of sp³-hybridized carbons (Fsp3) is 0.400. The predicted octanol–water partition coefficient (Wildman–Crippen LogP) is -1.68. The Bertz CT molecular complexity index is 556. The van der Waals surface area contributed by atoms with E-state index in [0.717, 1.165) is 4.57 Å². The topological polar surface area (TPSA) is 122 Å². The van der Waals surface area contributed by atoms with Crippen molar-refractivity contribution in [3.05, 3.63) is 34.1 Å². The summed E-state index contributed by atoms with van der Waals surface area (Å²) in [5.74, 6) is -0.970. The molecule has 0 aliphatic heterocycles. The Balaban J connectivity index is 2.51. The molecule has 8 heteroatoms. The number of aliphatic hydroxyl groups is 3. The van der Waals surface area contributed by atoms with Crippen molar-refractivity contribution in [2.45, 2.75) is 18.2 Å². The zero-order valence-corrected chi connectivity index (χ0v) is 9.19. The van der Waals surface area contributed by atoms with Gasteiger partial charge in [0.1, 0.15) is 29.9 Å². The number of aromatic nitrogens is 2. The van der Waals surface area contributed by atoms with E-state index >= 15 is 0 Å². The van der Waals surface area contributed by atoms with Gasteiger partial charge in [-0.3, -0.25) is 4.57 Å². The first-order valence-electron chi connectivity index (χ1n) is 5.17. The number of rotatable bonds is 2. The zero-order chi connectivity index (χ0) is 13.4. The molecule has 5 N–H and O–H groups in total. The van der Waals surface area contributed by atoms with Crippen LogP contribution in [0.4, 0.5) is 10.2 Å². The summed E-state index contributed by atoms with van der Waals surface area (Å²) in [6.45, 7) is -0.738. The number of aliphatic hydroxyl groups excluding tert-OH is 3. The van der Waals surface area contributed by atoms with Crippen molar-refractivity contribution in [2.75, 3.05) is 12.3 Å². The lowest BCUT2D eigenvalue weighted by Crippen LogP contribution is -2.36. The highest BCUT2D eigenvalue weighted by molar-refractivity contribution is 5.30. The molecule has 0 aromatic carbocycles. The maximum absolute atomic E-state index is 13.9. The fourth-order valence-electron chi connectivity index (χ4n) is 1.95. The van der Waals surface area contributed by atoms with Crippen molar-refractivity contribution in [3.63, 3.8) is 0 Å². The van der Waals surface area contributed by atoms with Crippen molar-refractivity contribution in [1.29, 1.82) is 0 Å². The van der Waals surface area contributed by atoms with Crippen LogP contribution in [-0.2, 0) is 0 Å². The number of hydrogen-bond acceptors (Lipinski definition) is 6. The second kappa shape index (κ2) is 4.48. The van der Waals surface area contributed by atoms with Gasteiger partial charge in [-0.15, -0.1) is 0 Å². The summed E-state index contributed by atoms with van der Waals surface area (Å²) in [4.78, 5) is 15.0. The number of nitrogens with two attached hydrogens (primary N) is 1. The van der Waals surface area contributed by atoms with E-state index in [1.54, 1.807) is 0 Å². The van der Waals surface area contributed by atoms with E-state index in [1.165, 1.54) is 12.3 Å². The van der Waals surface area contributed by atoms with Crippen LogP contribution in [0.15, 0.2) is 28.5 Å². The van der Waals surface area contributed by atoms with E-state index in [0.29, 0.717) is 0 Å². The van der Waals surface area contributed by atoms with Crippen LogP contribution < -0.4 is 11.4 Å². The lowest BCUT2D eigenvalue weighted by molar-refractivity contribution is 0.0244. The van der Waals surface area contributed by atoms with Gasteiger partial charge in [-0.25, -0.2) is 9.18 Å². The van der Waals surface area contributed by atoms with Crippen LogP contribution in [-0.4, -0.2) is 43.7 Å². The molecule has 0 saturated heterocycles. The minimum atomic E-state index is -1.56. The van der Waals surface area contributed by atoms with Gasteiger partial charge >= 0.3 is 5.69 Å². The number of anilines is 1. The number of hydrogen-bond donors (Lipinski definition) is 4. The Morgan fingerprint density at radius 1 is 1.50 bits per heavy atom. The molecule has 1 aliphatic carbocycles. The molecule has 1 aromatic rings. The van der Waals surface area contributed by atoms with E-state index in [9.17, 15) is 19.4 Å². The van der Waals surface area contributed by atoms with Crippen LogP contribution in [0.2, 0.25) is 0 Å². The summed E-state index contributed by atoms with van der Waals surface area (Å²) in [5, 5.41) is 28.2. The second-order valence-corrected chi connectivity index (χ2v) is 3.95. The first-order chi connectivity index (χ1) is 8.47. The van der Waals surface area contributed by atoms with E-state index in [-0.39, 0.29) is 11.4 Å². The Hall–Kier alpha value is -1.77. The predicted molar refractivity (Wildman–Crippen MR) is 59.2 cm³/mol. The first-order valence-corrected chi connectivity index (χ1v) is 5.17. The quantitative estimate of drug-likeness (QED) is 0.502. The normalized spacial score (nSPS) is 27.9. The van der Waals surface area contributed by atoms with Gasteiger partial charge in [0, 0.05) is 11.8 Å². The molecule has 0 fully saturated rings. The summed E-state index contributed by atoms with van der Waals surface area (Å²) in [5.41, 5.74) is 4.11. The molecule has 0 saturated carbocycles. The molecule has 3 atom stereocenters. The molecular formula is C10H12FN3O4. The van der Waals surface area contributed by atoms with Crippen LogP contribution in [0, 0.1) is 0 Å². The van der Waals surface area contributed by atoms with Crippen molar-refractivity contribution in [3.8, 4) is 0 Å². The lowest BCUT2D eigenvalue weighted by atomic mass is 10.1. The van der Waals surface area contributed by atoms with Gasteiger partial charge in [-0.2, -0.15) is 4.98 Å². The molecule has 1 aliphatic rings. The standard InChI is InChI=1S/C10H12FN3O4/c11-6-4(3-15)8(16)9(17)7(6)14-2-1-5(12)13-10(14)18/h1-2,7-9,15-17H,3H2,(H2,12,13,18)/t7-,8+,9-/m0/s1. The van der Waals surface area contributed by atoms with Crippen LogP contribution in [0.25, 0.3) is 0 Å². The average Bonchev–Trinajstić information content (AvgIpc) is 2.52. The van der Waals surface area contributed by atoms with Gasteiger partial charge in [0.25, 0.3) is 0 Å². The van der Waals surface area contributed by atoms with Crippen molar-refractivity contribution < 1.29 is 19.7 Å². The molecule has 1 heterocycles. The van der Waals surface area contributed by atoms with Gasteiger partial charge in [0.15, 0.2) is 0 Å². The first kappa shape index (κ1) is 12.7. The largest absolute Gasteiger partial charge is 0.392 e. The van der Waals surface area contributed by atoms with Crippen molar-refractivity contribution in [2.24, 2.45) is 0 Å². The molecule has 0 radical (unpaired) electrons.